The highest BCUT2D eigenvalue weighted by molar-refractivity contribution is 5.31. The minimum atomic E-state index is 0.582. The molecule has 1 heteroatoms. The topological polar surface area (TPSA) is 12.9 Å². The van der Waals surface area contributed by atoms with Crippen LogP contribution in [0.25, 0.3) is 0 Å². The molecule has 0 fully saturated rings. The number of aryl methyl sites for hydroxylation is 3. The Labute approximate surface area is 81.2 Å². The molecule has 0 aliphatic rings. The zero-order valence-electron chi connectivity index (χ0n) is 9.31. The second kappa shape index (κ2) is 3.91. The summed E-state index contributed by atoms with van der Waals surface area (Å²) in [5, 5.41) is 0. The summed E-state index contributed by atoms with van der Waals surface area (Å²) in [6, 6.07) is 2.31. The van der Waals surface area contributed by atoms with E-state index >= 15 is 0 Å². The molecular formula is C12H19N. The van der Waals surface area contributed by atoms with Crippen LogP contribution in [0.2, 0.25) is 0 Å². The van der Waals surface area contributed by atoms with E-state index in [0.717, 1.165) is 6.42 Å². The standard InChI is InChI=1S/C12H19N/c1-6-11-7-12(8(2)3)10(5)13-9(11)4/h7-8H,6H2,1-5H3. The van der Waals surface area contributed by atoms with Crippen LogP contribution in [0.4, 0.5) is 0 Å². The molecule has 0 saturated carbocycles. The molecule has 0 spiro atoms. The first-order chi connectivity index (χ1) is 6.06. The largest absolute Gasteiger partial charge is 0.258 e. The molecule has 0 radical (unpaired) electrons. The second-order valence-electron chi connectivity index (χ2n) is 3.92. The van der Waals surface area contributed by atoms with Crippen LogP contribution in [-0.2, 0) is 6.42 Å². The molecule has 1 rings (SSSR count). The summed E-state index contributed by atoms with van der Waals surface area (Å²) >= 11 is 0. The van der Waals surface area contributed by atoms with E-state index in [-0.39, 0.29) is 0 Å². The number of nitrogens with zero attached hydrogens (tertiary/aromatic N) is 1. The van der Waals surface area contributed by atoms with Crippen molar-refractivity contribution in [3.05, 3.63) is 28.6 Å². The Morgan fingerprint density at radius 1 is 1.23 bits per heavy atom. The van der Waals surface area contributed by atoms with E-state index in [1.807, 2.05) is 0 Å². The maximum absolute atomic E-state index is 4.57. The van der Waals surface area contributed by atoms with Gasteiger partial charge in [-0.1, -0.05) is 26.8 Å². The number of pyridine rings is 1. The van der Waals surface area contributed by atoms with Crippen LogP contribution in [0.5, 0.6) is 0 Å². The molecule has 0 atom stereocenters. The highest BCUT2D eigenvalue weighted by Gasteiger charge is 2.07. The summed E-state index contributed by atoms with van der Waals surface area (Å²) in [5.41, 5.74) is 5.14. The van der Waals surface area contributed by atoms with Crippen molar-refractivity contribution >= 4 is 0 Å². The monoisotopic (exact) mass is 177 g/mol. The quantitative estimate of drug-likeness (QED) is 0.674. The third kappa shape index (κ3) is 2.09. The van der Waals surface area contributed by atoms with Crippen molar-refractivity contribution in [1.29, 1.82) is 0 Å². The normalized spacial score (nSPS) is 10.9. The zero-order chi connectivity index (χ0) is 10.0. The minimum Gasteiger partial charge on any atom is -0.258 e. The van der Waals surface area contributed by atoms with Gasteiger partial charge in [0.1, 0.15) is 0 Å². The average Bonchev–Trinajstić information content (AvgIpc) is 2.03. The molecule has 0 aliphatic carbocycles. The number of aromatic nitrogens is 1. The molecule has 0 unspecified atom stereocenters. The molecule has 0 amide bonds. The Morgan fingerprint density at radius 2 is 1.85 bits per heavy atom. The average molecular weight is 177 g/mol. The van der Waals surface area contributed by atoms with Gasteiger partial charge in [0.05, 0.1) is 0 Å². The Morgan fingerprint density at radius 3 is 2.31 bits per heavy atom. The van der Waals surface area contributed by atoms with Crippen molar-refractivity contribution in [1.82, 2.24) is 4.98 Å². The lowest BCUT2D eigenvalue weighted by atomic mass is 9.98. The van der Waals surface area contributed by atoms with Gasteiger partial charge >= 0.3 is 0 Å². The van der Waals surface area contributed by atoms with Crippen LogP contribution in [-0.4, -0.2) is 4.98 Å². The molecule has 1 nitrogen and oxygen atoms in total. The van der Waals surface area contributed by atoms with Gasteiger partial charge in [0.2, 0.25) is 0 Å². The van der Waals surface area contributed by atoms with Gasteiger partial charge < -0.3 is 0 Å². The first-order valence-corrected chi connectivity index (χ1v) is 5.03. The van der Waals surface area contributed by atoms with Crippen LogP contribution >= 0.6 is 0 Å². The minimum absolute atomic E-state index is 0.582. The van der Waals surface area contributed by atoms with E-state index in [0.29, 0.717) is 5.92 Å². The summed E-state index contributed by atoms with van der Waals surface area (Å²) in [4.78, 5) is 4.57. The SMILES string of the molecule is CCc1cc(C(C)C)c(C)nc1C. The van der Waals surface area contributed by atoms with Gasteiger partial charge in [-0.25, -0.2) is 0 Å². The third-order valence-electron chi connectivity index (χ3n) is 2.55. The van der Waals surface area contributed by atoms with Crippen molar-refractivity contribution in [3.63, 3.8) is 0 Å². The van der Waals surface area contributed by atoms with E-state index in [9.17, 15) is 0 Å². The van der Waals surface area contributed by atoms with Crippen molar-refractivity contribution in [2.75, 3.05) is 0 Å². The van der Waals surface area contributed by atoms with Crippen LogP contribution in [0, 0.1) is 13.8 Å². The summed E-state index contributed by atoms with van der Waals surface area (Å²) in [6.45, 7) is 10.8. The van der Waals surface area contributed by atoms with E-state index in [1.165, 1.54) is 22.5 Å². The highest BCUT2D eigenvalue weighted by atomic mass is 14.7. The predicted octanol–water partition coefficient (Wildman–Crippen LogP) is 3.38. The van der Waals surface area contributed by atoms with E-state index in [2.05, 4.69) is 45.7 Å². The zero-order valence-corrected chi connectivity index (χ0v) is 9.31. The molecule has 1 heterocycles. The molecule has 72 valence electrons. The van der Waals surface area contributed by atoms with Gasteiger partial charge in [0.25, 0.3) is 0 Å². The number of hydrogen-bond acceptors (Lipinski definition) is 1. The van der Waals surface area contributed by atoms with Crippen molar-refractivity contribution in [2.24, 2.45) is 0 Å². The van der Waals surface area contributed by atoms with Gasteiger partial charge in [0, 0.05) is 11.4 Å². The smallest absolute Gasteiger partial charge is 0.0410 e. The molecule has 0 bridgehead atoms. The van der Waals surface area contributed by atoms with Gasteiger partial charge in [-0.15, -0.1) is 0 Å². The fraction of sp³-hybridized carbons (Fsp3) is 0.583. The van der Waals surface area contributed by atoms with Crippen LogP contribution in [0.15, 0.2) is 6.07 Å². The van der Waals surface area contributed by atoms with Crippen LogP contribution in [0.3, 0.4) is 0 Å². The summed E-state index contributed by atoms with van der Waals surface area (Å²) < 4.78 is 0. The maximum Gasteiger partial charge on any atom is 0.0410 e. The lowest BCUT2D eigenvalue weighted by Crippen LogP contribution is -2.00. The second-order valence-corrected chi connectivity index (χ2v) is 3.92. The Balaban J connectivity index is 3.22. The highest BCUT2D eigenvalue weighted by Crippen LogP contribution is 2.20. The van der Waals surface area contributed by atoms with Gasteiger partial charge in [-0.2, -0.15) is 0 Å². The first kappa shape index (κ1) is 10.2. The van der Waals surface area contributed by atoms with E-state index in [1.54, 1.807) is 0 Å². The number of rotatable bonds is 2. The molecule has 1 aromatic rings. The molecular weight excluding hydrogens is 158 g/mol. The molecule has 0 aromatic carbocycles. The van der Waals surface area contributed by atoms with E-state index < -0.39 is 0 Å². The molecule has 0 aliphatic heterocycles. The van der Waals surface area contributed by atoms with Crippen molar-refractivity contribution in [2.45, 2.75) is 47.0 Å². The summed E-state index contributed by atoms with van der Waals surface area (Å²) in [7, 11) is 0. The van der Waals surface area contributed by atoms with Gasteiger partial charge in [0.15, 0.2) is 0 Å². The molecule has 1 aromatic heterocycles. The molecule has 13 heavy (non-hydrogen) atoms. The molecule has 0 N–H and O–H groups in total. The summed E-state index contributed by atoms with van der Waals surface area (Å²) in [6.07, 6.45) is 1.08. The van der Waals surface area contributed by atoms with Crippen molar-refractivity contribution < 1.29 is 0 Å². The van der Waals surface area contributed by atoms with Crippen LogP contribution in [0.1, 0.15) is 49.2 Å². The fourth-order valence-electron chi connectivity index (χ4n) is 1.73. The third-order valence-corrected chi connectivity index (χ3v) is 2.55. The molecule has 0 saturated heterocycles. The van der Waals surface area contributed by atoms with Gasteiger partial charge in [-0.05, 0) is 37.3 Å². The van der Waals surface area contributed by atoms with Crippen molar-refractivity contribution in [3.8, 4) is 0 Å². The lowest BCUT2D eigenvalue weighted by molar-refractivity contribution is 0.830. The Hall–Kier alpha value is -0.850. The van der Waals surface area contributed by atoms with Crippen LogP contribution < -0.4 is 0 Å². The Bertz CT molecular complexity index is 300. The first-order valence-electron chi connectivity index (χ1n) is 5.03. The fourth-order valence-corrected chi connectivity index (χ4v) is 1.73. The Kier molecular flexibility index (Phi) is 3.07. The predicted molar refractivity (Wildman–Crippen MR) is 57.2 cm³/mol. The lowest BCUT2D eigenvalue weighted by Gasteiger charge is -2.12. The summed E-state index contributed by atoms with van der Waals surface area (Å²) in [5.74, 6) is 0.582. The number of hydrogen-bond donors (Lipinski definition) is 0. The van der Waals surface area contributed by atoms with Gasteiger partial charge in [-0.3, -0.25) is 4.98 Å². The van der Waals surface area contributed by atoms with E-state index in [4.69, 9.17) is 0 Å². The maximum atomic E-state index is 4.57.